The van der Waals surface area contributed by atoms with Crippen molar-refractivity contribution in [2.75, 3.05) is 14.1 Å². The van der Waals surface area contributed by atoms with Gasteiger partial charge < -0.3 is 5.11 Å². The Hall–Kier alpha value is -0.170. The summed E-state index contributed by atoms with van der Waals surface area (Å²) in [6, 6.07) is -0.257. The van der Waals surface area contributed by atoms with Crippen LogP contribution in [0, 0.1) is 0 Å². The van der Waals surface area contributed by atoms with Gasteiger partial charge in [0.25, 0.3) is 10.2 Å². The Morgan fingerprint density at radius 2 is 1.85 bits per heavy atom. The Balaban J connectivity index is 4.13. The van der Waals surface area contributed by atoms with E-state index in [0.717, 1.165) is 4.31 Å². The van der Waals surface area contributed by atoms with Crippen LogP contribution in [0.3, 0.4) is 0 Å². The van der Waals surface area contributed by atoms with Crippen LogP contribution in [0.5, 0.6) is 0 Å². The molecule has 0 rings (SSSR count). The molecule has 0 aliphatic rings. The van der Waals surface area contributed by atoms with Crippen LogP contribution in [0.25, 0.3) is 0 Å². The number of aliphatic hydroxyl groups is 1. The maximum absolute atomic E-state index is 11.3. The molecule has 0 fully saturated rings. The summed E-state index contributed by atoms with van der Waals surface area (Å²) in [5, 5.41) is 9.01. The van der Waals surface area contributed by atoms with Crippen molar-refractivity contribution in [3.63, 3.8) is 0 Å². The van der Waals surface area contributed by atoms with Crippen LogP contribution in [0.2, 0.25) is 0 Å². The summed E-state index contributed by atoms with van der Waals surface area (Å²) in [6.07, 6.45) is -0.0903. The number of rotatable bonds is 5. The third kappa shape index (κ3) is 5.20. The molecule has 13 heavy (non-hydrogen) atoms. The lowest BCUT2D eigenvalue weighted by Crippen LogP contribution is -2.41. The lowest BCUT2D eigenvalue weighted by Gasteiger charge is -2.18. The highest BCUT2D eigenvalue weighted by Crippen LogP contribution is 1.99. The minimum absolute atomic E-state index is 0.257. The molecule has 0 aliphatic carbocycles. The second-order valence-corrected chi connectivity index (χ2v) is 5.31. The molecule has 5 nitrogen and oxygen atoms in total. The normalized spacial score (nSPS) is 17.4. The van der Waals surface area contributed by atoms with Crippen LogP contribution < -0.4 is 4.72 Å². The molecule has 80 valence electrons. The minimum Gasteiger partial charge on any atom is -0.393 e. The molecule has 0 aromatic carbocycles. The van der Waals surface area contributed by atoms with Gasteiger partial charge in [0.1, 0.15) is 0 Å². The molecule has 0 radical (unpaired) electrons. The van der Waals surface area contributed by atoms with Crippen molar-refractivity contribution >= 4 is 10.2 Å². The molecule has 2 atom stereocenters. The minimum atomic E-state index is -3.37. The maximum atomic E-state index is 11.3. The van der Waals surface area contributed by atoms with Gasteiger partial charge in [0.2, 0.25) is 0 Å². The van der Waals surface area contributed by atoms with Gasteiger partial charge in [-0.15, -0.1) is 0 Å². The molecule has 2 N–H and O–H groups in total. The molecule has 0 aliphatic heterocycles. The van der Waals surface area contributed by atoms with E-state index in [1.807, 2.05) is 0 Å². The van der Waals surface area contributed by atoms with Gasteiger partial charge in [-0.3, -0.25) is 0 Å². The Morgan fingerprint density at radius 3 is 2.15 bits per heavy atom. The largest absolute Gasteiger partial charge is 0.393 e. The maximum Gasteiger partial charge on any atom is 0.279 e. The Kier molecular flexibility index (Phi) is 4.83. The molecular weight excluding hydrogens is 192 g/mol. The molecule has 0 spiro atoms. The van der Waals surface area contributed by atoms with E-state index in [1.165, 1.54) is 14.1 Å². The summed E-state index contributed by atoms with van der Waals surface area (Å²) in [5.41, 5.74) is 0. The monoisotopic (exact) mass is 210 g/mol. The van der Waals surface area contributed by atoms with Gasteiger partial charge in [-0.05, 0) is 20.3 Å². The molecule has 0 bridgehead atoms. The van der Waals surface area contributed by atoms with E-state index < -0.39 is 16.3 Å². The molecule has 0 amide bonds. The van der Waals surface area contributed by atoms with Crippen LogP contribution in [0.1, 0.15) is 20.3 Å². The highest BCUT2D eigenvalue weighted by Gasteiger charge is 2.17. The first-order valence-corrected chi connectivity index (χ1v) is 5.57. The van der Waals surface area contributed by atoms with Crippen LogP contribution >= 0.6 is 0 Å². The van der Waals surface area contributed by atoms with Gasteiger partial charge in [0.15, 0.2) is 0 Å². The molecular formula is C7H18N2O3S. The predicted molar refractivity (Wildman–Crippen MR) is 51.5 cm³/mol. The Bertz CT molecular complexity index is 236. The SMILES string of the molecule is CC(O)CC(C)NS(=O)(=O)N(C)C. The standard InChI is InChI=1S/C7H18N2O3S/c1-6(5-7(2)10)8-13(11,12)9(3)4/h6-8,10H,5H2,1-4H3. The summed E-state index contributed by atoms with van der Waals surface area (Å²) in [5.74, 6) is 0. The number of hydrogen-bond acceptors (Lipinski definition) is 3. The number of aliphatic hydroxyl groups excluding tert-OH is 1. The van der Waals surface area contributed by atoms with E-state index >= 15 is 0 Å². The summed E-state index contributed by atoms with van der Waals surface area (Å²) in [7, 11) is -0.459. The predicted octanol–water partition coefficient (Wildman–Crippen LogP) is -0.458. The van der Waals surface area contributed by atoms with Crippen molar-refractivity contribution < 1.29 is 13.5 Å². The molecule has 6 heteroatoms. The number of hydrogen-bond donors (Lipinski definition) is 2. The topological polar surface area (TPSA) is 69.6 Å². The second-order valence-electron chi connectivity index (χ2n) is 3.39. The second kappa shape index (κ2) is 4.90. The van der Waals surface area contributed by atoms with Crippen LogP contribution in [-0.2, 0) is 10.2 Å². The first-order chi connectivity index (χ1) is 5.75. The summed E-state index contributed by atoms with van der Waals surface area (Å²) in [6.45, 7) is 3.34. The van der Waals surface area contributed by atoms with Crippen molar-refractivity contribution in [1.82, 2.24) is 9.03 Å². The molecule has 0 aromatic heterocycles. The van der Waals surface area contributed by atoms with E-state index in [4.69, 9.17) is 5.11 Å². The molecule has 0 aromatic rings. The Labute approximate surface area is 79.9 Å². The third-order valence-corrected chi connectivity index (χ3v) is 3.19. The van der Waals surface area contributed by atoms with Gasteiger partial charge in [-0.25, -0.2) is 0 Å². The summed E-state index contributed by atoms with van der Waals surface area (Å²) in [4.78, 5) is 0. The van der Waals surface area contributed by atoms with Crippen LogP contribution in [0.4, 0.5) is 0 Å². The molecule has 0 saturated heterocycles. The fraction of sp³-hybridized carbons (Fsp3) is 1.00. The quantitative estimate of drug-likeness (QED) is 0.645. The number of nitrogens with zero attached hydrogens (tertiary/aromatic N) is 1. The van der Waals surface area contributed by atoms with Gasteiger partial charge in [0.05, 0.1) is 6.10 Å². The summed E-state index contributed by atoms with van der Waals surface area (Å²) < 4.78 is 26.0. The van der Waals surface area contributed by atoms with Crippen molar-refractivity contribution in [3.8, 4) is 0 Å². The smallest absolute Gasteiger partial charge is 0.279 e. The average Bonchev–Trinajstić information content (AvgIpc) is 1.82. The van der Waals surface area contributed by atoms with E-state index in [9.17, 15) is 8.42 Å². The van der Waals surface area contributed by atoms with E-state index in [0.29, 0.717) is 6.42 Å². The van der Waals surface area contributed by atoms with Gasteiger partial charge >= 0.3 is 0 Å². The first-order valence-electron chi connectivity index (χ1n) is 4.13. The highest BCUT2D eigenvalue weighted by atomic mass is 32.2. The zero-order valence-electron chi connectivity index (χ0n) is 8.48. The van der Waals surface area contributed by atoms with Gasteiger partial charge in [0, 0.05) is 20.1 Å². The van der Waals surface area contributed by atoms with Gasteiger partial charge in [-0.2, -0.15) is 17.4 Å². The van der Waals surface area contributed by atoms with Crippen molar-refractivity contribution in [1.29, 1.82) is 0 Å². The molecule has 0 heterocycles. The third-order valence-electron chi connectivity index (χ3n) is 1.53. The lowest BCUT2D eigenvalue weighted by atomic mass is 10.2. The fourth-order valence-corrected chi connectivity index (χ4v) is 1.73. The van der Waals surface area contributed by atoms with Crippen molar-refractivity contribution in [2.24, 2.45) is 0 Å². The van der Waals surface area contributed by atoms with Crippen molar-refractivity contribution in [2.45, 2.75) is 32.4 Å². The summed E-state index contributed by atoms with van der Waals surface area (Å²) >= 11 is 0. The van der Waals surface area contributed by atoms with Crippen LogP contribution in [-0.4, -0.2) is 44.1 Å². The lowest BCUT2D eigenvalue weighted by molar-refractivity contribution is 0.174. The van der Waals surface area contributed by atoms with E-state index in [-0.39, 0.29) is 6.04 Å². The van der Waals surface area contributed by atoms with Crippen molar-refractivity contribution in [3.05, 3.63) is 0 Å². The van der Waals surface area contributed by atoms with Gasteiger partial charge in [-0.1, -0.05) is 0 Å². The Morgan fingerprint density at radius 1 is 1.38 bits per heavy atom. The molecule has 2 unspecified atom stereocenters. The number of nitrogens with one attached hydrogen (secondary N) is 1. The van der Waals surface area contributed by atoms with E-state index in [2.05, 4.69) is 4.72 Å². The highest BCUT2D eigenvalue weighted by molar-refractivity contribution is 7.87. The zero-order chi connectivity index (χ0) is 10.6. The fourth-order valence-electron chi connectivity index (χ4n) is 0.919. The molecule has 0 saturated carbocycles. The zero-order valence-corrected chi connectivity index (χ0v) is 9.30. The average molecular weight is 210 g/mol. The first kappa shape index (κ1) is 12.8. The van der Waals surface area contributed by atoms with Crippen LogP contribution in [0.15, 0.2) is 0 Å². The van der Waals surface area contributed by atoms with E-state index in [1.54, 1.807) is 13.8 Å².